The molecule has 1 amide bonds. The van der Waals surface area contributed by atoms with E-state index in [0.717, 1.165) is 24.3 Å². The summed E-state index contributed by atoms with van der Waals surface area (Å²) in [4.78, 5) is 19.0. The van der Waals surface area contributed by atoms with Gasteiger partial charge in [0.2, 0.25) is 0 Å². The van der Waals surface area contributed by atoms with Gasteiger partial charge in [-0.15, -0.1) is 0 Å². The number of benzene rings is 1. The number of carbonyl (C=O) groups excluding carboxylic acids is 1. The number of pyridine rings is 1. The first-order valence-electron chi connectivity index (χ1n) is 8.95. The highest BCUT2D eigenvalue weighted by Gasteiger charge is 2.18. The number of nitrogens with one attached hydrogen (secondary N) is 1. The Hall–Kier alpha value is -1.78. The molecule has 1 aliphatic heterocycles. The molecular weight excluding hydrogens is 369 g/mol. The van der Waals surface area contributed by atoms with Crippen LogP contribution in [-0.2, 0) is 6.42 Å². The zero-order valence-corrected chi connectivity index (χ0v) is 16.4. The summed E-state index contributed by atoms with van der Waals surface area (Å²) in [5, 5.41) is 4.17. The van der Waals surface area contributed by atoms with E-state index in [1.54, 1.807) is 18.3 Å². The SMILES string of the molecule is CC1CCCN(c2cncc(C(=O)NCCc3ccc(Cl)cc3Cl)c2)C1. The molecule has 1 aromatic carbocycles. The lowest BCUT2D eigenvalue weighted by atomic mass is 10.00. The summed E-state index contributed by atoms with van der Waals surface area (Å²) in [6, 6.07) is 7.33. The first kappa shape index (κ1) is 19.0. The average Bonchev–Trinajstić information content (AvgIpc) is 2.63. The fraction of sp³-hybridized carbons (Fsp3) is 0.400. The van der Waals surface area contributed by atoms with Gasteiger partial charge in [-0.3, -0.25) is 9.78 Å². The first-order chi connectivity index (χ1) is 12.5. The van der Waals surface area contributed by atoms with E-state index < -0.39 is 0 Å². The zero-order valence-electron chi connectivity index (χ0n) is 14.8. The molecule has 1 aromatic heterocycles. The number of piperidine rings is 1. The van der Waals surface area contributed by atoms with Crippen LogP contribution < -0.4 is 10.2 Å². The minimum atomic E-state index is -0.116. The molecule has 138 valence electrons. The Labute approximate surface area is 164 Å². The predicted molar refractivity (Wildman–Crippen MR) is 107 cm³/mol. The van der Waals surface area contributed by atoms with Gasteiger partial charge >= 0.3 is 0 Å². The Kier molecular flexibility index (Phi) is 6.38. The van der Waals surface area contributed by atoms with Gasteiger partial charge < -0.3 is 10.2 Å². The van der Waals surface area contributed by atoms with Crippen molar-refractivity contribution in [2.24, 2.45) is 5.92 Å². The van der Waals surface area contributed by atoms with E-state index in [1.807, 2.05) is 18.3 Å². The molecule has 26 heavy (non-hydrogen) atoms. The third-order valence-electron chi connectivity index (χ3n) is 4.70. The van der Waals surface area contributed by atoms with Gasteiger partial charge in [-0.1, -0.05) is 36.2 Å². The molecule has 0 spiro atoms. The van der Waals surface area contributed by atoms with Crippen LogP contribution in [0.3, 0.4) is 0 Å². The summed E-state index contributed by atoms with van der Waals surface area (Å²) in [6.07, 6.45) is 6.54. The van der Waals surface area contributed by atoms with Gasteiger partial charge in [0.05, 0.1) is 17.4 Å². The molecular formula is C20H23Cl2N3O. The lowest BCUT2D eigenvalue weighted by Gasteiger charge is -2.32. The number of nitrogens with zero attached hydrogens (tertiary/aromatic N) is 2. The van der Waals surface area contributed by atoms with Crippen molar-refractivity contribution >= 4 is 34.8 Å². The van der Waals surface area contributed by atoms with E-state index in [-0.39, 0.29) is 5.91 Å². The molecule has 0 radical (unpaired) electrons. The number of amides is 1. The summed E-state index contributed by atoms with van der Waals surface area (Å²) in [5.74, 6) is 0.555. The lowest BCUT2D eigenvalue weighted by molar-refractivity contribution is 0.0954. The second-order valence-electron chi connectivity index (χ2n) is 6.87. The number of halogens is 2. The topological polar surface area (TPSA) is 45.2 Å². The van der Waals surface area contributed by atoms with Crippen LogP contribution in [0, 0.1) is 5.92 Å². The highest BCUT2D eigenvalue weighted by atomic mass is 35.5. The predicted octanol–water partition coefficient (Wildman–Crippen LogP) is 4.60. The number of anilines is 1. The molecule has 1 aliphatic rings. The molecule has 3 rings (SSSR count). The fourth-order valence-corrected chi connectivity index (χ4v) is 3.79. The van der Waals surface area contributed by atoms with Crippen molar-refractivity contribution in [3.8, 4) is 0 Å². The Morgan fingerprint density at radius 3 is 2.92 bits per heavy atom. The normalized spacial score (nSPS) is 17.2. The summed E-state index contributed by atoms with van der Waals surface area (Å²) in [7, 11) is 0. The van der Waals surface area contributed by atoms with Crippen molar-refractivity contribution in [3.63, 3.8) is 0 Å². The Morgan fingerprint density at radius 1 is 1.31 bits per heavy atom. The number of rotatable bonds is 5. The van der Waals surface area contributed by atoms with Crippen LogP contribution in [0.4, 0.5) is 5.69 Å². The van der Waals surface area contributed by atoms with Crippen LogP contribution in [0.1, 0.15) is 35.7 Å². The second-order valence-corrected chi connectivity index (χ2v) is 7.71. The first-order valence-corrected chi connectivity index (χ1v) is 9.70. The van der Waals surface area contributed by atoms with Gasteiger partial charge in [-0.05, 0) is 48.9 Å². The third kappa shape index (κ3) is 4.89. The van der Waals surface area contributed by atoms with Gasteiger partial charge in [0.15, 0.2) is 0 Å². The van der Waals surface area contributed by atoms with Crippen LogP contribution in [0.2, 0.25) is 10.0 Å². The number of hydrogen-bond donors (Lipinski definition) is 1. The smallest absolute Gasteiger partial charge is 0.252 e. The molecule has 2 aromatic rings. The Balaban J connectivity index is 1.58. The zero-order chi connectivity index (χ0) is 18.5. The van der Waals surface area contributed by atoms with Gasteiger partial charge in [0, 0.05) is 35.9 Å². The van der Waals surface area contributed by atoms with Crippen molar-refractivity contribution < 1.29 is 4.79 Å². The molecule has 0 aliphatic carbocycles. The van der Waals surface area contributed by atoms with Crippen molar-refractivity contribution in [1.29, 1.82) is 0 Å². The van der Waals surface area contributed by atoms with Crippen molar-refractivity contribution in [3.05, 3.63) is 57.8 Å². The van der Waals surface area contributed by atoms with Gasteiger partial charge in [0.1, 0.15) is 0 Å². The largest absolute Gasteiger partial charge is 0.370 e. The lowest BCUT2D eigenvalue weighted by Crippen LogP contribution is -2.34. The molecule has 1 unspecified atom stereocenters. The second kappa shape index (κ2) is 8.74. The van der Waals surface area contributed by atoms with E-state index in [1.165, 1.54) is 12.8 Å². The monoisotopic (exact) mass is 391 g/mol. The number of hydrogen-bond acceptors (Lipinski definition) is 3. The van der Waals surface area contributed by atoms with E-state index in [2.05, 4.69) is 22.1 Å². The van der Waals surface area contributed by atoms with Crippen LogP contribution >= 0.6 is 23.2 Å². The number of aromatic nitrogens is 1. The minimum Gasteiger partial charge on any atom is -0.370 e. The van der Waals surface area contributed by atoms with Crippen LogP contribution in [-0.4, -0.2) is 30.5 Å². The molecule has 1 atom stereocenters. The van der Waals surface area contributed by atoms with E-state index in [0.29, 0.717) is 34.5 Å². The molecule has 2 heterocycles. The Bertz CT molecular complexity index is 781. The maximum Gasteiger partial charge on any atom is 0.252 e. The summed E-state index contributed by atoms with van der Waals surface area (Å²) >= 11 is 12.1. The summed E-state index contributed by atoms with van der Waals surface area (Å²) in [5.41, 5.74) is 2.57. The van der Waals surface area contributed by atoms with Crippen LogP contribution in [0.15, 0.2) is 36.7 Å². The van der Waals surface area contributed by atoms with E-state index in [4.69, 9.17) is 23.2 Å². The van der Waals surface area contributed by atoms with Gasteiger partial charge in [-0.2, -0.15) is 0 Å². The van der Waals surface area contributed by atoms with Gasteiger partial charge in [0.25, 0.3) is 5.91 Å². The quantitative estimate of drug-likeness (QED) is 0.809. The average molecular weight is 392 g/mol. The van der Waals surface area contributed by atoms with Crippen molar-refractivity contribution in [1.82, 2.24) is 10.3 Å². The highest BCUT2D eigenvalue weighted by molar-refractivity contribution is 6.35. The van der Waals surface area contributed by atoms with E-state index >= 15 is 0 Å². The highest BCUT2D eigenvalue weighted by Crippen LogP contribution is 2.23. The molecule has 1 saturated heterocycles. The maximum atomic E-state index is 12.4. The van der Waals surface area contributed by atoms with Crippen LogP contribution in [0.5, 0.6) is 0 Å². The standard InChI is InChI=1S/C20H23Cl2N3O/c1-14-3-2-8-25(13-14)18-9-16(11-23-12-18)20(26)24-7-6-15-4-5-17(21)10-19(15)22/h4-5,9-12,14H,2-3,6-8,13H2,1H3,(H,24,26). The maximum absolute atomic E-state index is 12.4. The molecule has 6 heteroatoms. The van der Waals surface area contributed by atoms with Gasteiger partial charge in [-0.25, -0.2) is 0 Å². The molecule has 0 bridgehead atoms. The molecule has 1 N–H and O–H groups in total. The third-order valence-corrected chi connectivity index (χ3v) is 5.29. The van der Waals surface area contributed by atoms with Crippen LogP contribution in [0.25, 0.3) is 0 Å². The van der Waals surface area contributed by atoms with E-state index in [9.17, 15) is 4.79 Å². The minimum absolute atomic E-state index is 0.116. The molecule has 1 fully saturated rings. The fourth-order valence-electron chi connectivity index (χ4n) is 3.29. The Morgan fingerprint density at radius 2 is 2.15 bits per heavy atom. The summed E-state index contributed by atoms with van der Waals surface area (Å²) in [6.45, 7) is 4.80. The summed E-state index contributed by atoms with van der Waals surface area (Å²) < 4.78 is 0. The molecule has 0 saturated carbocycles. The number of carbonyl (C=O) groups is 1. The van der Waals surface area contributed by atoms with Crippen molar-refractivity contribution in [2.75, 3.05) is 24.5 Å². The van der Waals surface area contributed by atoms with Crippen molar-refractivity contribution in [2.45, 2.75) is 26.2 Å². The molecule has 4 nitrogen and oxygen atoms in total.